The maximum Gasteiger partial charge on any atom is 0.326 e. The minimum atomic E-state index is -1.25. The van der Waals surface area contributed by atoms with E-state index in [9.17, 15) is 29.3 Å². The fourth-order valence-corrected chi connectivity index (χ4v) is 1.73. The Kier molecular flexibility index (Phi) is 7.67. The number of carbonyl (C=O) groups excluding carboxylic acids is 4. The Bertz CT molecular complexity index is 720. The smallest absolute Gasteiger partial charge is 0.326 e. The molecule has 0 saturated carbocycles. The van der Waals surface area contributed by atoms with Gasteiger partial charge in [0.25, 0.3) is 17.5 Å². The third-order valence-electron chi connectivity index (χ3n) is 2.96. The first kappa shape index (κ1) is 20.5. The Balaban J connectivity index is 2.49. The second-order valence-corrected chi connectivity index (χ2v) is 4.97. The number of rotatable bonds is 7. The highest BCUT2D eigenvalue weighted by atomic mass is 16.6. The third kappa shape index (κ3) is 6.55. The van der Waals surface area contributed by atoms with Crippen LogP contribution in [0.5, 0.6) is 0 Å². The van der Waals surface area contributed by atoms with E-state index in [1.165, 1.54) is 25.1 Å². The van der Waals surface area contributed by atoms with Crippen LogP contribution >= 0.6 is 0 Å². The molecule has 3 N–H and O–H groups in total. The summed E-state index contributed by atoms with van der Waals surface area (Å²) >= 11 is 0. The average molecular weight is 366 g/mol. The molecule has 140 valence electrons. The zero-order valence-corrected chi connectivity index (χ0v) is 14.1. The summed E-state index contributed by atoms with van der Waals surface area (Å²) in [6.07, 6.45) is -1.25. The third-order valence-corrected chi connectivity index (χ3v) is 2.96. The highest BCUT2D eigenvalue weighted by Crippen LogP contribution is 2.12. The van der Waals surface area contributed by atoms with Gasteiger partial charge in [0.05, 0.1) is 4.92 Å². The zero-order valence-electron chi connectivity index (χ0n) is 14.1. The number of nitrogens with one attached hydrogen (secondary N) is 3. The van der Waals surface area contributed by atoms with Crippen LogP contribution in [0.2, 0.25) is 0 Å². The largest absolute Gasteiger partial charge is 0.451 e. The minimum Gasteiger partial charge on any atom is -0.451 e. The fourth-order valence-electron chi connectivity index (χ4n) is 1.73. The van der Waals surface area contributed by atoms with Gasteiger partial charge in [-0.1, -0.05) is 6.07 Å². The topological polar surface area (TPSA) is 157 Å². The van der Waals surface area contributed by atoms with Gasteiger partial charge in [-0.15, -0.1) is 0 Å². The predicted molar refractivity (Wildman–Crippen MR) is 88.2 cm³/mol. The van der Waals surface area contributed by atoms with Crippen molar-refractivity contribution in [3.05, 3.63) is 39.9 Å². The molecule has 11 nitrogen and oxygen atoms in total. The Morgan fingerprint density at radius 1 is 1.23 bits per heavy atom. The number of urea groups is 1. The van der Waals surface area contributed by atoms with Crippen LogP contribution in [0.4, 0.5) is 10.5 Å². The maximum absolute atomic E-state index is 11.9. The molecule has 1 unspecified atom stereocenters. The van der Waals surface area contributed by atoms with E-state index in [2.05, 4.69) is 10.6 Å². The average Bonchev–Trinajstić information content (AvgIpc) is 2.59. The summed E-state index contributed by atoms with van der Waals surface area (Å²) in [7, 11) is 0. The first-order chi connectivity index (χ1) is 12.2. The molecule has 1 rings (SSSR count). The number of nitro benzene ring substituents is 1. The molecule has 1 aromatic rings. The second-order valence-electron chi connectivity index (χ2n) is 4.97. The predicted octanol–water partition coefficient (Wildman–Crippen LogP) is 0.102. The van der Waals surface area contributed by atoms with Gasteiger partial charge in [-0.05, 0) is 19.9 Å². The molecule has 11 heteroatoms. The molecule has 0 spiro atoms. The lowest BCUT2D eigenvalue weighted by atomic mass is 10.2. The van der Waals surface area contributed by atoms with Crippen molar-refractivity contribution in [2.45, 2.75) is 20.0 Å². The Labute approximate surface area is 148 Å². The number of hydrogen-bond donors (Lipinski definition) is 3. The van der Waals surface area contributed by atoms with Gasteiger partial charge in [0.2, 0.25) is 0 Å². The lowest BCUT2D eigenvalue weighted by Crippen LogP contribution is -2.45. The number of non-ortho nitro benzene ring substituents is 1. The number of ether oxygens (including phenoxy) is 1. The molecule has 26 heavy (non-hydrogen) atoms. The van der Waals surface area contributed by atoms with Crippen molar-refractivity contribution in [3.63, 3.8) is 0 Å². The zero-order chi connectivity index (χ0) is 19.7. The van der Waals surface area contributed by atoms with Crippen LogP contribution in [0.25, 0.3) is 0 Å². The minimum absolute atomic E-state index is 0.00553. The lowest BCUT2D eigenvalue weighted by molar-refractivity contribution is -0.384. The Morgan fingerprint density at radius 2 is 1.92 bits per heavy atom. The van der Waals surface area contributed by atoms with Gasteiger partial charge in [0, 0.05) is 24.2 Å². The van der Waals surface area contributed by atoms with Crippen LogP contribution in [0.15, 0.2) is 24.3 Å². The van der Waals surface area contributed by atoms with Crippen LogP contribution in [0.3, 0.4) is 0 Å². The van der Waals surface area contributed by atoms with E-state index in [0.29, 0.717) is 6.54 Å². The number of hydrogen-bond acceptors (Lipinski definition) is 7. The van der Waals surface area contributed by atoms with Crippen molar-refractivity contribution in [1.29, 1.82) is 0 Å². The van der Waals surface area contributed by atoms with Gasteiger partial charge in [-0.3, -0.25) is 29.8 Å². The van der Waals surface area contributed by atoms with E-state index < -0.39 is 41.4 Å². The van der Waals surface area contributed by atoms with E-state index in [-0.39, 0.29) is 11.3 Å². The lowest BCUT2D eigenvalue weighted by Gasteiger charge is -2.13. The van der Waals surface area contributed by atoms with Gasteiger partial charge >= 0.3 is 12.0 Å². The van der Waals surface area contributed by atoms with E-state index in [1.807, 2.05) is 5.32 Å². The molecular weight excluding hydrogens is 348 g/mol. The summed E-state index contributed by atoms with van der Waals surface area (Å²) in [6.45, 7) is 2.68. The van der Waals surface area contributed by atoms with E-state index >= 15 is 0 Å². The van der Waals surface area contributed by atoms with Crippen LogP contribution in [0, 0.1) is 10.1 Å². The van der Waals surface area contributed by atoms with Crippen LogP contribution in [-0.2, 0) is 14.3 Å². The van der Waals surface area contributed by atoms with Gasteiger partial charge in [-0.25, -0.2) is 4.79 Å². The van der Waals surface area contributed by atoms with Crippen molar-refractivity contribution in [2.24, 2.45) is 0 Å². The number of imide groups is 1. The number of amides is 4. The van der Waals surface area contributed by atoms with Crippen molar-refractivity contribution in [1.82, 2.24) is 16.0 Å². The molecule has 0 bridgehead atoms. The maximum atomic E-state index is 11.9. The number of esters is 1. The molecule has 1 aromatic carbocycles. The normalized spacial score (nSPS) is 11.0. The number of carbonyl (C=O) groups is 4. The first-order valence-electron chi connectivity index (χ1n) is 7.55. The number of benzene rings is 1. The quantitative estimate of drug-likeness (QED) is 0.351. The standard InChI is InChI=1S/C15H18N4O7/c1-3-16-15(23)18-13(21)9(2)26-12(20)8-17-14(22)10-5-4-6-11(7-10)19(24)25/h4-7,9H,3,8H2,1-2H3,(H,17,22)(H2,16,18,21,23). The highest BCUT2D eigenvalue weighted by Gasteiger charge is 2.20. The molecule has 0 fully saturated rings. The van der Waals surface area contributed by atoms with Gasteiger partial charge in [0.1, 0.15) is 6.54 Å². The molecular formula is C15H18N4O7. The van der Waals surface area contributed by atoms with E-state index in [4.69, 9.17) is 4.74 Å². The molecule has 0 aliphatic carbocycles. The summed E-state index contributed by atoms with van der Waals surface area (Å²) in [6, 6.07) is 4.23. The molecule has 0 aliphatic heterocycles. The summed E-state index contributed by atoms with van der Waals surface area (Å²) in [5.41, 5.74) is -0.273. The SMILES string of the molecule is CCNC(=O)NC(=O)C(C)OC(=O)CNC(=O)c1cccc([N+](=O)[O-])c1. The molecule has 0 saturated heterocycles. The fraction of sp³-hybridized carbons (Fsp3) is 0.333. The summed E-state index contributed by atoms with van der Waals surface area (Å²) in [5.74, 6) is -2.46. The summed E-state index contributed by atoms with van der Waals surface area (Å²) < 4.78 is 4.79. The van der Waals surface area contributed by atoms with Crippen molar-refractivity contribution in [3.8, 4) is 0 Å². The van der Waals surface area contributed by atoms with Crippen LogP contribution in [0.1, 0.15) is 24.2 Å². The van der Waals surface area contributed by atoms with Gasteiger partial charge in [0.15, 0.2) is 6.10 Å². The summed E-state index contributed by atoms with van der Waals surface area (Å²) in [5, 5.41) is 17.2. The van der Waals surface area contributed by atoms with Crippen molar-refractivity contribution in [2.75, 3.05) is 13.1 Å². The molecule has 0 heterocycles. The van der Waals surface area contributed by atoms with Crippen LogP contribution < -0.4 is 16.0 Å². The monoisotopic (exact) mass is 366 g/mol. The Hall–Kier alpha value is -3.50. The highest BCUT2D eigenvalue weighted by molar-refractivity contribution is 5.98. The van der Waals surface area contributed by atoms with E-state index in [1.54, 1.807) is 6.92 Å². The van der Waals surface area contributed by atoms with E-state index in [0.717, 1.165) is 6.07 Å². The first-order valence-corrected chi connectivity index (χ1v) is 7.55. The molecule has 0 aliphatic rings. The van der Waals surface area contributed by atoms with Gasteiger partial charge < -0.3 is 15.4 Å². The molecule has 0 aromatic heterocycles. The number of nitro groups is 1. The Morgan fingerprint density at radius 3 is 2.54 bits per heavy atom. The molecule has 1 atom stereocenters. The molecule has 0 radical (unpaired) electrons. The van der Waals surface area contributed by atoms with Crippen molar-refractivity contribution < 1.29 is 28.8 Å². The summed E-state index contributed by atoms with van der Waals surface area (Å²) in [4.78, 5) is 56.4. The number of nitrogens with zero attached hydrogens (tertiary/aromatic N) is 1. The molecule has 4 amide bonds. The van der Waals surface area contributed by atoms with Crippen LogP contribution in [-0.4, -0.2) is 47.9 Å². The van der Waals surface area contributed by atoms with Crippen molar-refractivity contribution >= 4 is 29.5 Å². The second kappa shape index (κ2) is 9.71. The van der Waals surface area contributed by atoms with Gasteiger partial charge in [-0.2, -0.15) is 0 Å².